The third-order valence-electron chi connectivity index (χ3n) is 1.17. The molecule has 0 atom stereocenters. The molecule has 60 valence electrons. The molecule has 0 aliphatic rings. The summed E-state index contributed by atoms with van der Waals surface area (Å²) in [6, 6.07) is 0. The summed E-state index contributed by atoms with van der Waals surface area (Å²) < 4.78 is 1.41. The van der Waals surface area contributed by atoms with Gasteiger partial charge < -0.3 is 0 Å². The summed E-state index contributed by atoms with van der Waals surface area (Å²) in [6.07, 6.45) is 1.57. The summed E-state index contributed by atoms with van der Waals surface area (Å²) in [4.78, 5) is 10.4. The Balaban J connectivity index is 2.81. The van der Waals surface area contributed by atoms with Crippen molar-refractivity contribution in [2.45, 2.75) is 13.5 Å². The summed E-state index contributed by atoms with van der Waals surface area (Å²) in [5, 5.41) is 4.02. The van der Waals surface area contributed by atoms with E-state index in [9.17, 15) is 4.79 Å². The second-order valence-corrected chi connectivity index (χ2v) is 2.94. The van der Waals surface area contributed by atoms with E-state index in [0.717, 1.165) is 0 Å². The molecule has 0 saturated carbocycles. The average Bonchev–Trinajstić information content (AvgIpc) is 2.10. The molecular formula is C6H6Cl2N2O. The molecule has 0 aromatic carbocycles. The maximum Gasteiger partial charge on any atom is 0.243 e. The van der Waals surface area contributed by atoms with Gasteiger partial charge in [0, 0.05) is 6.20 Å². The summed E-state index contributed by atoms with van der Waals surface area (Å²) in [5.41, 5.74) is 0.699. The first-order chi connectivity index (χ1) is 5.09. The SMILES string of the molecule is Cc1nn(CC(=O)Cl)cc1Cl. The highest BCUT2D eigenvalue weighted by atomic mass is 35.5. The number of carbonyl (C=O) groups is 1. The molecule has 0 radical (unpaired) electrons. The van der Waals surface area contributed by atoms with Crippen LogP contribution in [0.25, 0.3) is 0 Å². The molecule has 1 aromatic heterocycles. The fourth-order valence-electron chi connectivity index (χ4n) is 0.702. The summed E-state index contributed by atoms with van der Waals surface area (Å²) in [6.45, 7) is 1.83. The third kappa shape index (κ3) is 2.20. The molecule has 0 saturated heterocycles. The zero-order valence-corrected chi connectivity index (χ0v) is 7.35. The fraction of sp³-hybridized carbons (Fsp3) is 0.333. The minimum Gasteiger partial charge on any atom is -0.279 e. The van der Waals surface area contributed by atoms with Crippen molar-refractivity contribution in [2.75, 3.05) is 0 Å². The van der Waals surface area contributed by atoms with E-state index in [4.69, 9.17) is 23.2 Å². The number of aromatic nitrogens is 2. The standard InChI is InChI=1S/C6H6Cl2N2O/c1-4-5(7)2-10(9-4)3-6(8)11/h2H,3H2,1H3. The Bertz CT molecular complexity index is 263. The van der Waals surface area contributed by atoms with E-state index in [2.05, 4.69) is 5.10 Å². The van der Waals surface area contributed by atoms with Crippen LogP contribution >= 0.6 is 23.2 Å². The molecule has 1 aromatic rings. The van der Waals surface area contributed by atoms with Gasteiger partial charge in [-0.15, -0.1) is 0 Å². The third-order valence-corrected chi connectivity index (χ3v) is 1.66. The van der Waals surface area contributed by atoms with Crippen LogP contribution in [0.4, 0.5) is 0 Å². The van der Waals surface area contributed by atoms with Crippen molar-refractivity contribution in [3.8, 4) is 0 Å². The van der Waals surface area contributed by atoms with Gasteiger partial charge in [-0.05, 0) is 18.5 Å². The van der Waals surface area contributed by atoms with E-state index in [0.29, 0.717) is 10.7 Å². The highest BCUT2D eigenvalue weighted by Gasteiger charge is 2.03. The fourth-order valence-corrected chi connectivity index (χ4v) is 0.975. The Hall–Kier alpha value is -0.540. The predicted molar refractivity (Wildman–Crippen MR) is 42.8 cm³/mol. The lowest BCUT2D eigenvalue weighted by Crippen LogP contribution is -2.04. The maximum absolute atomic E-state index is 10.4. The van der Waals surface area contributed by atoms with Gasteiger partial charge >= 0.3 is 0 Å². The number of carbonyl (C=O) groups excluding carboxylic acids is 1. The van der Waals surface area contributed by atoms with E-state index in [-0.39, 0.29) is 6.54 Å². The Kier molecular flexibility index (Phi) is 2.52. The topological polar surface area (TPSA) is 34.9 Å². The van der Waals surface area contributed by atoms with E-state index in [1.807, 2.05) is 0 Å². The Morgan fingerprint density at radius 2 is 2.45 bits per heavy atom. The zero-order valence-electron chi connectivity index (χ0n) is 5.84. The van der Waals surface area contributed by atoms with E-state index >= 15 is 0 Å². The molecule has 0 N–H and O–H groups in total. The molecule has 0 fully saturated rings. The molecule has 1 rings (SSSR count). The van der Waals surface area contributed by atoms with Gasteiger partial charge in [0.1, 0.15) is 6.54 Å². The Labute approximate surface area is 73.9 Å². The number of hydrogen-bond acceptors (Lipinski definition) is 2. The van der Waals surface area contributed by atoms with E-state index in [1.165, 1.54) is 4.68 Å². The largest absolute Gasteiger partial charge is 0.279 e. The van der Waals surface area contributed by atoms with E-state index in [1.54, 1.807) is 13.1 Å². The van der Waals surface area contributed by atoms with Crippen LogP contribution in [-0.4, -0.2) is 15.0 Å². The average molecular weight is 193 g/mol. The van der Waals surface area contributed by atoms with Crippen molar-refractivity contribution in [3.05, 3.63) is 16.9 Å². The van der Waals surface area contributed by atoms with Crippen LogP contribution < -0.4 is 0 Å². The van der Waals surface area contributed by atoms with Gasteiger partial charge in [-0.25, -0.2) is 0 Å². The van der Waals surface area contributed by atoms with Crippen molar-refractivity contribution >= 4 is 28.4 Å². The van der Waals surface area contributed by atoms with E-state index < -0.39 is 5.24 Å². The molecular weight excluding hydrogens is 187 g/mol. The van der Waals surface area contributed by atoms with Gasteiger partial charge in [-0.1, -0.05) is 11.6 Å². The highest BCUT2D eigenvalue weighted by Crippen LogP contribution is 2.11. The van der Waals surface area contributed by atoms with Crippen molar-refractivity contribution in [1.82, 2.24) is 9.78 Å². The first kappa shape index (κ1) is 8.56. The smallest absolute Gasteiger partial charge is 0.243 e. The first-order valence-electron chi connectivity index (χ1n) is 2.97. The first-order valence-corrected chi connectivity index (χ1v) is 3.73. The van der Waals surface area contributed by atoms with Crippen molar-refractivity contribution < 1.29 is 4.79 Å². The highest BCUT2D eigenvalue weighted by molar-refractivity contribution is 6.63. The van der Waals surface area contributed by atoms with Crippen molar-refractivity contribution in [1.29, 1.82) is 0 Å². The van der Waals surface area contributed by atoms with Gasteiger partial charge in [0.2, 0.25) is 5.24 Å². The molecule has 0 spiro atoms. The summed E-state index contributed by atoms with van der Waals surface area (Å²) >= 11 is 10.8. The van der Waals surface area contributed by atoms with Crippen molar-refractivity contribution in [2.24, 2.45) is 0 Å². The zero-order chi connectivity index (χ0) is 8.43. The lowest BCUT2D eigenvalue weighted by molar-refractivity contribution is -0.112. The minimum atomic E-state index is -0.454. The molecule has 0 aliphatic heterocycles. The van der Waals surface area contributed by atoms with Gasteiger partial charge in [0.05, 0.1) is 10.7 Å². The van der Waals surface area contributed by atoms with Crippen LogP contribution in [0.5, 0.6) is 0 Å². The number of halogens is 2. The molecule has 5 heteroatoms. The van der Waals surface area contributed by atoms with Crippen LogP contribution in [-0.2, 0) is 11.3 Å². The van der Waals surface area contributed by atoms with Gasteiger partial charge in [-0.3, -0.25) is 9.48 Å². The molecule has 3 nitrogen and oxygen atoms in total. The van der Waals surface area contributed by atoms with Crippen LogP contribution in [0.2, 0.25) is 5.02 Å². The van der Waals surface area contributed by atoms with Crippen LogP contribution in [0.1, 0.15) is 5.69 Å². The second kappa shape index (κ2) is 3.24. The summed E-state index contributed by atoms with van der Waals surface area (Å²) in [7, 11) is 0. The Morgan fingerprint density at radius 1 is 1.82 bits per heavy atom. The normalized spacial score (nSPS) is 10.1. The number of aryl methyl sites for hydroxylation is 1. The molecule has 0 aliphatic carbocycles. The quantitative estimate of drug-likeness (QED) is 0.668. The van der Waals surface area contributed by atoms with Crippen LogP contribution in [0, 0.1) is 6.92 Å². The minimum absolute atomic E-state index is 0.0646. The van der Waals surface area contributed by atoms with Gasteiger partial charge in [-0.2, -0.15) is 5.10 Å². The number of rotatable bonds is 2. The summed E-state index contributed by atoms with van der Waals surface area (Å²) in [5.74, 6) is 0. The Morgan fingerprint density at radius 3 is 2.82 bits per heavy atom. The molecule has 1 heterocycles. The van der Waals surface area contributed by atoms with Crippen LogP contribution in [0.3, 0.4) is 0 Å². The number of hydrogen-bond donors (Lipinski definition) is 0. The second-order valence-electron chi connectivity index (χ2n) is 2.12. The molecule has 0 bridgehead atoms. The van der Waals surface area contributed by atoms with Gasteiger partial charge in [0.25, 0.3) is 0 Å². The van der Waals surface area contributed by atoms with Gasteiger partial charge in [0.15, 0.2) is 0 Å². The van der Waals surface area contributed by atoms with Crippen LogP contribution in [0.15, 0.2) is 6.20 Å². The molecule has 0 amide bonds. The van der Waals surface area contributed by atoms with Crippen molar-refractivity contribution in [3.63, 3.8) is 0 Å². The lowest BCUT2D eigenvalue weighted by Gasteiger charge is -1.91. The monoisotopic (exact) mass is 192 g/mol. The number of nitrogens with zero attached hydrogens (tertiary/aromatic N) is 2. The maximum atomic E-state index is 10.4. The lowest BCUT2D eigenvalue weighted by atomic mass is 10.5. The predicted octanol–water partition coefficient (Wildman–Crippen LogP) is 1.61. The molecule has 0 unspecified atom stereocenters. The molecule has 11 heavy (non-hydrogen) atoms.